The highest BCUT2D eigenvalue weighted by Crippen LogP contribution is 2.37. The van der Waals surface area contributed by atoms with Crippen LogP contribution in [0.1, 0.15) is 0 Å². The van der Waals surface area contributed by atoms with Gasteiger partial charge in [-0.15, -0.1) is 0 Å². The molecule has 0 aliphatic heterocycles. The highest BCUT2D eigenvalue weighted by Gasteiger charge is 2.15. The van der Waals surface area contributed by atoms with Gasteiger partial charge >= 0.3 is 0 Å². The Hall–Kier alpha value is -7.69. The summed E-state index contributed by atoms with van der Waals surface area (Å²) in [5, 5.41) is 7.32. The van der Waals surface area contributed by atoms with E-state index < -0.39 is 0 Å². The maximum Gasteiger partial charge on any atom is 0.0724 e. The molecular formula is C53H34N4. The molecule has 0 saturated carbocycles. The van der Waals surface area contributed by atoms with E-state index >= 15 is 0 Å². The molecule has 0 saturated heterocycles. The van der Waals surface area contributed by atoms with E-state index in [4.69, 9.17) is 4.98 Å². The zero-order chi connectivity index (χ0) is 37.7. The van der Waals surface area contributed by atoms with Gasteiger partial charge in [-0.05, 0) is 116 Å². The predicted molar refractivity (Wildman–Crippen MR) is 236 cm³/mol. The van der Waals surface area contributed by atoms with Crippen molar-refractivity contribution in [1.29, 1.82) is 0 Å². The van der Waals surface area contributed by atoms with Crippen LogP contribution in [0.4, 0.5) is 0 Å². The van der Waals surface area contributed by atoms with Gasteiger partial charge in [-0.1, -0.05) is 121 Å². The van der Waals surface area contributed by atoms with Crippen LogP contribution in [0.2, 0.25) is 0 Å². The van der Waals surface area contributed by atoms with Crippen LogP contribution in [-0.4, -0.2) is 19.5 Å². The van der Waals surface area contributed by atoms with Gasteiger partial charge in [-0.2, -0.15) is 0 Å². The Morgan fingerprint density at radius 2 is 0.930 bits per heavy atom. The first-order valence-electron chi connectivity index (χ1n) is 19.2. The van der Waals surface area contributed by atoms with Gasteiger partial charge in [0.1, 0.15) is 0 Å². The lowest BCUT2D eigenvalue weighted by Gasteiger charge is -2.12. The zero-order valence-corrected chi connectivity index (χ0v) is 30.9. The average Bonchev–Trinajstić information content (AvgIpc) is 3.63. The highest BCUT2D eigenvalue weighted by atomic mass is 15.0. The van der Waals surface area contributed by atoms with Crippen molar-refractivity contribution >= 4 is 43.4 Å². The smallest absolute Gasteiger partial charge is 0.0724 e. The molecule has 0 fully saturated rings. The third-order valence-corrected chi connectivity index (χ3v) is 11.2. The second-order valence-corrected chi connectivity index (χ2v) is 14.5. The summed E-state index contributed by atoms with van der Waals surface area (Å²) in [6.45, 7) is 0. The van der Waals surface area contributed by atoms with Gasteiger partial charge in [0.25, 0.3) is 0 Å². The van der Waals surface area contributed by atoms with Gasteiger partial charge in [-0.3, -0.25) is 9.97 Å². The molecule has 57 heavy (non-hydrogen) atoms. The summed E-state index contributed by atoms with van der Waals surface area (Å²) in [7, 11) is 0. The van der Waals surface area contributed by atoms with Crippen LogP contribution < -0.4 is 0 Å². The fraction of sp³-hybridized carbons (Fsp3) is 0. The van der Waals surface area contributed by atoms with Gasteiger partial charge in [-0.25, -0.2) is 4.98 Å². The van der Waals surface area contributed by atoms with Crippen molar-refractivity contribution in [1.82, 2.24) is 19.5 Å². The summed E-state index contributed by atoms with van der Waals surface area (Å²) in [5.41, 5.74) is 14.3. The van der Waals surface area contributed by atoms with Crippen molar-refractivity contribution in [3.63, 3.8) is 0 Å². The fourth-order valence-corrected chi connectivity index (χ4v) is 8.30. The standard InChI is InChI=1S/C53H34N4/c1-2-6-35(7-3-1)36-16-20-45(21-17-36)57-52-23-19-41(31-49(52)48-26-29-55-34-53(48)57)37-10-13-40(14-11-37)50-32-44(38-24-27-54-28-25-38)33-51(56-50)43-18-22-47-42(30-43)15-12-39-8-4-5-9-46(39)47/h1-34H. The molecule has 0 radical (unpaired) electrons. The van der Waals surface area contributed by atoms with Gasteiger partial charge in [0, 0.05) is 46.2 Å². The van der Waals surface area contributed by atoms with Crippen LogP contribution in [0, 0.1) is 0 Å². The Bertz CT molecular complexity index is 3260. The molecule has 0 amide bonds. The normalized spacial score (nSPS) is 11.5. The summed E-state index contributed by atoms with van der Waals surface area (Å²) in [4.78, 5) is 14.1. The minimum atomic E-state index is 0.925. The maximum absolute atomic E-state index is 5.28. The molecule has 0 atom stereocenters. The number of nitrogens with zero attached hydrogens (tertiary/aromatic N) is 4. The van der Waals surface area contributed by atoms with E-state index in [1.54, 1.807) is 0 Å². The van der Waals surface area contributed by atoms with Crippen LogP contribution in [0.3, 0.4) is 0 Å². The van der Waals surface area contributed by atoms with E-state index in [9.17, 15) is 0 Å². The summed E-state index contributed by atoms with van der Waals surface area (Å²) < 4.78 is 2.32. The first kappa shape index (κ1) is 32.7. The third kappa shape index (κ3) is 5.83. The lowest BCUT2D eigenvalue weighted by atomic mass is 9.96. The van der Waals surface area contributed by atoms with Crippen molar-refractivity contribution in [2.75, 3.05) is 0 Å². The van der Waals surface area contributed by atoms with Crippen molar-refractivity contribution < 1.29 is 0 Å². The summed E-state index contributed by atoms with van der Waals surface area (Å²) in [6, 6.07) is 65.1. The second kappa shape index (κ2) is 13.6. The quantitative estimate of drug-likeness (QED) is 0.160. The summed E-state index contributed by atoms with van der Waals surface area (Å²) >= 11 is 0. The number of hydrogen-bond acceptors (Lipinski definition) is 3. The van der Waals surface area contributed by atoms with E-state index in [0.717, 1.165) is 61.5 Å². The Morgan fingerprint density at radius 3 is 1.77 bits per heavy atom. The molecule has 7 aromatic carbocycles. The van der Waals surface area contributed by atoms with Gasteiger partial charge in [0.05, 0.1) is 28.6 Å². The van der Waals surface area contributed by atoms with Crippen molar-refractivity contribution in [2.45, 2.75) is 0 Å². The molecule has 0 spiro atoms. The summed E-state index contributed by atoms with van der Waals surface area (Å²) in [6.07, 6.45) is 7.54. The molecule has 0 bridgehead atoms. The van der Waals surface area contributed by atoms with Crippen LogP contribution in [0.5, 0.6) is 0 Å². The molecule has 4 heteroatoms. The molecule has 0 unspecified atom stereocenters. The van der Waals surface area contributed by atoms with Crippen molar-refractivity contribution in [2.24, 2.45) is 0 Å². The Balaban J connectivity index is 0.966. The fourth-order valence-electron chi connectivity index (χ4n) is 8.30. The van der Waals surface area contributed by atoms with E-state index in [1.165, 1.54) is 43.4 Å². The molecule has 11 rings (SSSR count). The third-order valence-electron chi connectivity index (χ3n) is 11.2. The molecule has 4 nitrogen and oxygen atoms in total. The molecular weight excluding hydrogens is 693 g/mol. The second-order valence-electron chi connectivity index (χ2n) is 14.5. The predicted octanol–water partition coefficient (Wildman–Crippen LogP) is 13.6. The molecule has 4 heterocycles. The van der Waals surface area contributed by atoms with Gasteiger partial charge < -0.3 is 4.57 Å². The molecule has 0 aliphatic carbocycles. The van der Waals surface area contributed by atoms with Crippen molar-refractivity contribution in [3.05, 3.63) is 207 Å². The minimum Gasteiger partial charge on any atom is -0.308 e. The summed E-state index contributed by atoms with van der Waals surface area (Å²) in [5.74, 6) is 0. The Morgan fingerprint density at radius 1 is 0.316 bits per heavy atom. The zero-order valence-electron chi connectivity index (χ0n) is 30.9. The molecule has 0 aliphatic rings. The first-order chi connectivity index (χ1) is 28.2. The van der Waals surface area contributed by atoms with E-state index in [0.29, 0.717) is 0 Å². The lowest BCUT2D eigenvalue weighted by Crippen LogP contribution is -1.94. The SMILES string of the molecule is c1ccc(-c2ccc(-n3c4ccc(-c5ccc(-c6cc(-c7ccncc7)cc(-c7ccc8c(ccc9ccccc98)c7)n6)cc5)cc4c4ccncc43)cc2)cc1. The maximum atomic E-state index is 5.28. The molecule has 0 N–H and O–H groups in total. The largest absolute Gasteiger partial charge is 0.308 e. The Labute approximate surface area is 330 Å². The van der Waals surface area contributed by atoms with Crippen molar-refractivity contribution in [3.8, 4) is 61.6 Å². The van der Waals surface area contributed by atoms with E-state index in [1.807, 2.05) is 24.8 Å². The van der Waals surface area contributed by atoms with E-state index in [-0.39, 0.29) is 0 Å². The van der Waals surface area contributed by atoms with Crippen LogP contribution >= 0.6 is 0 Å². The lowest BCUT2D eigenvalue weighted by molar-refractivity contribution is 1.17. The van der Waals surface area contributed by atoms with Crippen LogP contribution in [0.15, 0.2) is 207 Å². The van der Waals surface area contributed by atoms with Gasteiger partial charge in [0.2, 0.25) is 0 Å². The average molecular weight is 727 g/mol. The number of benzene rings is 7. The Kier molecular flexibility index (Phi) is 7.78. The molecule has 266 valence electrons. The van der Waals surface area contributed by atoms with Crippen LogP contribution in [-0.2, 0) is 0 Å². The minimum absolute atomic E-state index is 0.925. The number of hydrogen-bond donors (Lipinski definition) is 0. The topological polar surface area (TPSA) is 43.6 Å². The number of aromatic nitrogens is 4. The molecule has 11 aromatic rings. The number of fused-ring (bicyclic) bond motifs is 6. The van der Waals surface area contributed by atoms with Crippen LogP contribution in [0.25, 0.3) is 105 Å². The molecule has 4 aromatic heterocycles. The van der Waals surface area contributed by atoms with E-state index in [2.05, 4.69) is 197 Å². The van der Waals surface area contributed by atoms with Gasteiger partial charge in [0.15, 0.2) is 0 Å². The highest BCUT2D eigenvalue weighted by molar-refractivity contribution is 6.10. The first-order valence-corrected chi connectivity index (χ1v) is 19.2. The monoisotopic (exact) mass is 726 g/mol. The number of rotatable bonds is 6. The number of pyridine rings is 3.